The fraction of sp³-hybridized carbons (Fsp3) is 0.296. The predicted molar refractivity (Wildman–Crippen MR) is 140 cm³/mol. The number of nitrogens with zero attached hydrogens (tertiary/aromatic N) is 4. The third-order valence-electron chi connectivity index (χ3n) is 7.01. The number of imidazole rings is 1. The average molecular weight is 604 g/mol. The molecular weight excluding hydrogens is 579 g/mol. The number of anilines is 1. The van der Waals surface area contributed by atoms with Gasteiger partial charge in [-0.2, -0.15) is 13.2 Å². The molecule has 6 N–H and O–H groups in total. The van der Waals surface area contributed by atoms with E-state index in [-0.39, 0.29) is 33.7 Å². The molecule has 0 amide bonds. The number of aromatic hydroxyl groups is 1. The van der Waals surface area contributed by atoms with Crippen molar-refractivity contribution in [3.05, 3.63) is 77.4 Å². The van der Waals surface area contributed by atoms with E-state index in [0.717, 1.165) is 6.07 Å². The molecule has 5 atom stereocenters. The number of nitrogen functional groups attached to an aromatic ring is 1. The molecule has 13 nitrogen and oxygen atoms in total. The lowest BCUT2D eigenvalue weighted by Crippen LogP contribution is -2.34. The highest BCUT2D eigenvalue weighted by Crippen LogP contribution is 2.38. The van der Waals surface area contributed by atoms with Gasteiger partial charge in [-0.05, 0) is 35.4 Å². The highest BCUT2D eigenvalue weighted by Gasteiger charge is 2.45. The number of hydrogen-bond donors (Lipinski definition) is 5. The number of aromatic carboxylic acids is 1. The number of halogens is 3. The summed E-state index contributed by atoms with van der Waals surface area (Å²) in [5.41, 5.74) is 4.59. The van der Waals surface area contributed by atoms with Crippen molar-refractivity contribution < 1.29 is 52.7 Å². The number of carboxylic acids is 1. The van der Waals surface area contributed by atoms with Crippen LogP contribution >= 0.6 is 0 Å². The van der Waals surface area contributed by atoms with Crippen LogP contribution in [0.25, 0.3) is 11.2 Å². The Kier molecular flexibility index (Phi) is 7.92. The number of phenols is 1. The molecule has 43 heavy (non-hydrogen) atoms. The topological polar surface area (TPSA) is 203 Å². The Labute approximate surface area is 240 Å². The molecule has 1 aliphatic heterocycles. The smallest absolute Gasteiger partial charge is 0.416 e. The third kappa shape index (κ3) is 5.93. The second-order valence-corrected chi connectivity index (χ2v) is 9.77. The maximum Gasteiger partial charge on any atom is 0.416 e. The molecule has 226 valence electrons. The van der Waals surface area contributed by atoms with Crippen LogP contribution in [0.15, 0.2) is 55.1 Å². The standard InChI is InChI=1S/C27H24F3N5O8/c28-27(29,30)13-5-12(6-14(36)7-13)17(15-3-1-2-4-16(15)26(40)41)8-19(37)42-9-18-21(38)22(39)25(43-18)35-11-34-20-23(31)32-10-33-24(20)35/h1-7,10-11,17-18,21-22,25,36,38-39H,8-9H2,(H,40,41)(H2,31,32,33)/t17?,18-,21-,22-,25-/m1/s1. The first kappa shape index (κ1) is 29.7. The number of aromatic nitrogens is 4. The molecule has 1 saturated heterocycles. The van der Waals surface area contributed by atoms with Gasteiger partial charge in [-0.25, -0.2) is 19.7 Å². The van der Waals surface area contributed by atoms with Crippen LogP contribution < -0.4 is 5.73 Å². The summed E-state index contributed by atoms with van der Waals surface area (Å²) in [7, 11) is 0. The van der Waals surface area contributed by atoms with Crippen LogP contribution in [0.1, 0.15) is 45.6 Å². The first-order valence-corrected chi connectivity index (χ1v) is 12.7. The van der Waals surface area contributed by atoms with Gasteiger partial charge in [-0.15, -0.1) is 0 Å². The molecule has 16 heteroatoms. The number of carbonyl (C=O) groups excluding carboxylic acids is 1. The van der Waals surface area contributed by atoms with Crippen LogP contribution in [0.2, 0.25) is 0 Å². The minimum absolute atomic E-state index is 0.00607. The molecule has 1 unspecified atom stereocenters. The Morgan fingerprint density at radius 2 is 1.84 bits per heavy atom. The van der Waals surface area contributed by atoms with Gasteiger partial charge in [-0.3, -0.25) is 9.36 Å². The molecule has 4 aromatic rings. The van der Waals surface area contributed by atoms with Crippen molar-refractivity contribution in [2.75, 3.05) is 12.3 Å². The molecule has 0 bridgehead atoms. The van der Waals surface area contributed by atoms with Crippen molar-refractivity contribution in [2.45, 2.75) is 43.1 Å². The Bertz CT molecular complexity index is 1680. The van der Waals surface area contributed by atoms with Gasteiger partial charge in [0.2, 0.25) is 0 Å². The van der Waals surface area contributed by atoms with E-state index in [2.05, 4.69) is 15.0 Å². The fourth-order valence-corrected chi connectivity index (χ4v) is 4.96. The van der Waals surface area contributed by atoms with Crippen LogP contribution in [0.3, 0.4) is 0 Å². The van der Waals surface area contributed by atoms with Gasteiger partial charge in [0, 0.05) is 5.92 Å². The van der Waals surface area contributed by atoms with E-state index in [1.54, 1.807) is 0 Å². The molecule has 1 fully saturated rings. The zero-order valence-electron chi connectivity index (χ0n) is 21.9. The summed E-state index contributed by atoms with van der Waals surface area (Å²) in [4.78, 5) is 36.9. The number of carbonyl (C=O) groups is 2. The number of aliphatic hydroxyl groups excluding tert-OH is 2. The molecule has 3 heterocycles. The summed E-state index contributed by atoms with van der Waals surface area (Å²) in [6.45, 7) is -0.571. The highest BCUT2D eigenvalue weighted by molar-refractivity contribution is 5.90. The minimum Gasteiger partial charge on any atom is -0.508 e. The third-order valence-corrected chi connectivity index (χ3v) is 7.01. The number of esters is 1. The normalized spacial score (nSPS) is 21.1. The summed E-state index contributed by atoms with van der Waals surface area (Å²) < 4.78 is 52.9. The average Bonchev–Trinajstić information content (AvgIpc) is 3.51. The van der Waals surface area contributed by atoms with Crippen molar-refractivity contribution in [3.8, 4) is 5.75 Å². The number of ether oxygens (including phenoxy) is 2. The summed E-state index contributed by atoms with van der Waals surface area (Å²) >= 11 is 0. The number of alkyl halides is 3. The van der Waals surface area contributed by atoms with Gasteiger partial charge in [-0.1, -0.05) is 18.2 Å². The van der Waals surface area contributed by atoms with E-state index in [0.29, 0.717) is 12.1 Å². The summed E-state index contributed by atoms with van der Waals surface area (Å²) in [6, 6.07) is 7.66. The lowest BCUT2D eigenvalue weighted by molar-refractivity contribution is -0.150. The van der Waals surface area contributed by atoms with E-state index in [4.69, 9.17) is 15.2 Å². The van der Waals surface area contributed by atoms with Crippen molar-refractivity contribution in [1.82, 2.24) is 19.5 Å². The van der Waals surface area contributed by atoms with E-state index >= 15 is 0 Å². The number of aliphatic hydroxyl groups is 2. The highest BCUT2D eigenvalue weighted by atomic mass is 19.4. The monoisotopic (exact) mass is 603 g/mol. The zero-order valence-corrected chi connectivity index (χ0v) is 21.9. The summed E-state index contributed by atoms with van der Waals surface area (Å²) in [5, 5.41) is 40.9. The van der Waals surface area contributed by atoms with Gasteiger partial charge >= 0.3 is 18.1 Å². The van der Waals surface area contributed by atoms with Crippen LogP contribution in [-0.4, -0.2) is 76.8 Å². The number of carboxylic acid groups (broad SMARTS) is 1. The van der Waals surface area contributed by atoms with Crippen LogP contribution in [0.5, 0.6) is 5.75 Å². The Balaban J connectivity index is 1.37. The number of benzene rings is 2. The van der Waals surface area contributed by atoms with Gasteiger partial charge in [0.05, 0.1) is 23.9 Å². The van der Waals surface area contributed by atoms with Crippen LogP contribution in [-0.2, 0) is 20.4 Å². The van der Waals surface area contributed by atoms with E-state index in [9.17, 15) is 43.2 Å². The molecule has 0 saturated carbocycles. The molecule has 1 aliphatic rings. The van der Waals surface area contributed by atoms with Crippen LogP contribution in [0.4, 0.5) is 19.0 Å². The van der Waals surface area contributed by atoms with E-state index in [1.807, 2.05) is 0 Å². The van der Waals surface area contributed by atoms with Crippen molar-refractivity contribution in [1.29, 1.82) is 0 Å². The Morgan fingerprint density at radius 3 is 2.56 bits per heavy atom. The van der Waals surface area contributed by atoms with Crippen molar-refractivity contribution in [3.63, 3.8) is 0 Å². The first-order chi connectivity index (χ1) is 20.3. The minimum atomic E-state index is -4.84. The molecule has 0 radical (unpaired) electrons. The molecule has 0 aliphatic carbocycles. The van der Waals surface area contributed by atoms with Gasteiger partial charge < -0.3 is 35.6 Å². The van der Waals surface area contributed by atoms with Crippen molar-refractivity contribution >= 4 is 28.9 Å². The second-order valence-electron chi connectivity index (χ2n) is 9.77. The molecule has 2 aromatic carbocycles. The first-order valence-electron chi connectivity index (χ1n) is 12.7. The quantitative estimate of drug-likeness (QED) is 0.184. The Hall–Kier alpha value is -4.80. The number of hydrogen-bond acceptors (Lipinski definition) is 11. The van der Waals surface area contributed by atoms with Gasteiger partial charge in [0.15, 0.2) is 17.7 Å². The lowest BCUT2D eigenvalue weighted by Gasteiger charge is -2.22. The lowest BCUT2D eigenvalue weighted by atomic mass is 9.85. The maximum atomic E-state index is 13.5. The van der Waals surface area contributed by atoms with Crippen molar-refractivity contribution in [2.24, 2.45) is 0 Å². The number of nitrogens with two attached hydrogens (primary N) is 1. The molecule has 5 rings (SSSR count). The maximum absolute atomic E-state index is 13.5. The number of phenolic OH excluding ortho intramolecular Hbond substituents is 1. The van der Waals surface area contributed by atoms with Crippen LogP contribution in [0, 0.1) is 0 Å². The zero-order chi connectivity index (χ0) is 31.1. The molecular formula is C27H24F3N5O8. The van der Waals surface area contributed by atoms with E-state index in [1.165, 1.54) is 41.5 Å². The molecule has 2 aromatic heterocycles. The van der Waals surface area contributed by atoms with Gasteiger partial charge in [0.25, 0.3) is 0 Å². The Morgan fingerprint density at radius 1 is 1.09 bits per heavy atom. The number of fused-ring (bicyclic) bond motifs is 1. The second kappa shape index (κ2) is 11.5. The van der Waals surface area contributed by atoms with Gasteiger partial charge in [0.1, 0.15) is 42.5 Å². The molecule has 0 spiro atoms. The number of rotatable bonds is 8. The fourth-order valence-electron chi connectivity index (χ4n) is 4.96. The predicted octanol–water partition coefficient (Wildman–Crippen LogP) is 2.22. The SMILES string of the molecule is Nc1ncnc2c1ncn2[C@@H]1O[C@H](COC(=O)CC(c2cc(O)cc(C(F)(F)F)c2)c2ccccc2C(=O)O)[C@@H](O)[C@H]1O. The van der Waals surface area contributed by atoms with E-state index < -0.39 is 72.9 Å². The summed E-state index contributed by atoms with van der Waals surface area (Å²) in [6.07, 6.45) is -8.47. The summed E-state index contributed by atoms with van der Waals surface area (Å²) in [5.74, 6) is -4.30. The largest absolute Gasteiger partial charge is 0.508 e.